The predicted molar refractivity (Wildman–Crippen MR) is 102 cm³/mol. The third-order valence-electron chi connectivity index (χ3n) is 4.20. The van der Waals surface area contributed by atoms with Crippen LogP contribution in [-0.2, 0) is 13.0 Å². The molecule has 132 valence electrons. The van der Waals surface area contributed by atoms with Crippen LogP contribution in [0.1, 0.15) is 35.9 Å². The first-order valence-electron chi connectivity index (χ1n) is 8.40. The van der Waals surface area contributed by atoms with Gasteiger partial charge >= 0.3 is 0 Å². The Morgan fingerprint density at radius 2 is 2.04 bits per heavy atom. The van der Waals surface area contributed by atoms with Gasteiger partial charge in [-0.05, 0) is 40.5 Å². The summed E-state index contributed by atoms with van der Waals surface area (Å²) in [5.41, 5.74) is 3.14. The van der Waals surface area contributed by atoms with Gasteiger partial charge in [-0.1, -0.05) is 35.5 Å². The molecular weight excluding hydrogens is 394 g/mol. The highest BCUT2D eigenvalue weighted by molar-refractivity contribution is 9.10. The van der Waals surface area contributed by atoms with Crippen molar-refractivity contribution in [1.82, 2.24) is 24.8 Å². The number of fused-ring (bicyclic) bond motifs is 1. The van der Waals surface area contributed by atoms with Crippen molar-refractivity contribution in [2.24, 2.45) is 0 Å². The molecule has 1 aromatic carbocycles. The van der Waals surface area contributed by atoms with Crippen molar-refractivity contribution in [1.29, 1.82) is 0 Å². The fourth-order valence-corrected chi connectivity index (χ4v) is 3.11. The molecule has 1 atom stereocenters. The van der Waals surface area contributed by atoms with Gasteiger partial charge in [0.25, 0.3) is 0 Å². The lowest BCUT2D eigenvalue weighted by Gasteiger charge is -2.09. The summed E-state index contributed by atoms with van der Waals surface area (Å²) in [4.78, 5) is 8.93. The van der Waals surface area contributed by atoms with Crippen LogP contribution in [0.2, 0.25) is 0 Å². The molecule has 0 saturated carbocycles. The molecule has 0 radical (unpaired) electrons. The molecule has 0 aliphatic heterocycles. The summed E-state index contributed by atoms with van der Waals surface area (Å²) in [5, 5.41) is 7.54. The number of hydrogen-bond donors (Lipinski definition) is 1. The first kappa shape index (κ1) is 16.9. The molecule has 0 aliphatic rings. The normalized spacial score (nSPS) is 12.5. The molecule has 3 heterocycles. The lowest BCUT2D eigenvalue weighted by molar-refractivity contribution is 0.372. The summed E-state index contributed by atoms with van der Waals surface area (Å²) in [6.07, 6.45) is 4.52. The SMILES string of the molecule is CC(NCc1cnc2ccc(Br)cn12)c1noc(Cc2ccccc2)n1. The van der Waals surface area contributed by atoms with Crippen LogP contribution >= 0.6 is 15.9 Å². The molecule has 6 nitrogen and oxygen atoms in total. The zero-order valence-electron chi connectivity index (χ0n) is 14.3. The summed E-state index contributed by atoms with van der Waals surface area (Å²) < 4.78 is 8.46. The van der Waals surface area contributed by atoms with E-state index < -0.39 is 0 Å². The van der Waals surface area contributed by atoms with Crippen molar-refractivity contribution < 1.29 is 4.52 Å². The molecule has 0 bridgehead atoms. The molecule has 0 amide bonds. The Kier molecular flexibility index (Phi) is 4.81. The number of nitrogens with zero attached hydrogens (tertiary/aromatic N) is 4. The number of nitrogens with one attached hydrogen (secondary N) is 1. The summed E-state index contributed by atoms with van der Waals surface area (Å²) in [7, 11) is 0. The van der Waals surface area contributed by atoms with E-state index in [0.29, 0.717) is 24.7 Å². The van der Waals surface area contributed by atoms with E-state index in [4.69, 9.17) is 4.52 Å². The average molecular weight is 412 g/mol. The summed E-state index contributed by atoms with van der Waals surface area (Å²) >= 11 is 3.50. The summed E-state index contributed by atoms with van der Waals surface area (Å²) in [5.74, 6) is 1.28. The van der Waals surface area contributed by atoms with E-state index in [1.165, 1.54) is 0 Å². The summed E-state index contributed by atoms with van der Waals surface area (Å²) in [6.45, 7) is 2.68. The first-order valence-corrected chi connectivity index (χ1v) is 9.19. The van der Waals surface area contributed by atoms with Gasteiger partial charge in [0, 0.05) is 17.2 Å². The third-order valence-corrected chi connectivity index (χ3v) is 4.67. The number of imidazole rings is 1. The Hall–Kier alpha value is -2.51. The minimum absolute atomic E-state index is 0.0269. The van der Waals surface area contributed by atoms with Crippen molar-refractivity contribution >= 4 is 21.6 Å². The standard InChI is InChI=1S/C19H18BrN5O/c1-13(19-23-18(26-24-19)9-14-5-3-2-4-6-14)21-10-16-11-22-17-8-7-15(20)12-25(16)17/h2-8,11-13,21H,9-10H2,1H3. The summed E-state index contributed by atoms with van der Waals surface area (Å²) in [6, 6.07) is 14.0. The van der Waals surface area contributed by atoms with E-state index in [1.807, 2.05) is 49.6 Å². The molecule has 26 heavy (non-hydrogen) atoms. The fraction of sp³-hybridized carbons (Fsp3) is 0.211. The topological polar surface area (TPSA) is 68.2 Å². The van der Waals surface area contributed by atoms with Crippen molar-refractivity contribution in [3.05, 3.63) is 82.3 Å². The second-order valence-electron chi connectivity index (χ2n) is 6.14. The van der Waals surface area contributed by atoms with Crippen LogP contribution < -0.4 is 5.32 Å². The largest absolute Gasteiger partial charge is 0.339 e. The number of halogens is 1. The van der Waals surface area contributed by atoms with Crippen LogP contribution in [0, 0.1) is 0 Å². The maximum Gasteiger partial charge on any atom is 0.231 e. The number of benzene rings is 1. The fourth-order valence-electron chi connectivity index (χ4n) is 2.77. The third kappa shape index (κ3) is 3.68. The van der Waals surface area contributed by atoms with Crippen molar-refractivity contribution in [2.45, 2.75) is 25.9 Å². The van der Waals surface area contributed by atoms with Crippen LogP contribution in [0.4, 0.5) is 0 Å². The van der Waals surface area contributed by atoms with Crippen LogP contribution in [0.3, 0.4) is 0 Å². The van der Waals surface area contributed by atoms with Crippen LogP contribution in [0.25, 0.3) is 5.65 Å². The maximum atomic E-state index is 5.39. The number of hydrogen-bond acceptors (Lipinski definition) is 5. The van der Waals surface area contributed by atoms with Gasteiger partial charge in [-0.15, -0.1) is 0 Å². The highest BCUT2D eigenvalue weighted by Gasteiger charge is 2.14. The Labute approximate surface area is 159 Å². The molecule has 3 aromatic heterocycles. The van der Waals surface area contributed by atoms with Crippen molar-refractivity contribution in [2.75, 3.05) is 0 Å². The quantitative estimate of drug-likeness (QED) is 0.520. The lowest BCUT2D eigenvalue weighted by Crippen LogP contribution is -2.20. The first-order chi connectivity index (χ1) is 12.7. The molecule has 0 aliphatic carbocycles. The smallest absolute Gasteiger partial charge is 0.231 e. The van der Waals surface area contributed by atoms with Crippen LogP contribution in [0.5, 0.6) is 0 Å². The molecule has 0 saturated heterocycles. The highest BCUT2D eigenvalue weighted by Crippen LogP contribution is 2.16. The van der Waals surface area contributed by atoms with Crippen LogP contribution in [0.15, 0.2) is 63.9 Å². The van der Waals surface area contributed by atoms with E-state index >= 15 is 0 Å². The van der Waals surface area contributed by atoms with E-state index in [0.717, 1.165) is 21.4 Å². The second-order valence-corrected chi connectivity index (χ2v) is 7.05. The maximum absolute atomic E-state index is 5.39. The average Bonchev–Trinajstić information content (AvgIpc) is 3.27. The Bertz CT molecular complexity index is 1010. The van der Waals surface area contributed by atoms with Gasteiger partial charge in [0.05, 0.1) is 24.4 Å². The van der Waals surface area contributed by atoms with Crippen molar-refractivity contribution in [3.63, 3.8) is 0 Å². The number of aromatic nitrogens is 4. The van der Waals surface area contributed by atoms with Gasteiger partial charge in [0.15, 0.2) is 5.82 Å². The number of rotatable bonds is 6. The predicted octanol–water partition coefficient (Wildman–Crippen LogP) is 3.92. The van der Waals surface area contributed by atoms with Gasteiger partial charge in [0.2, 0.25) is 5.89 Å². The van der Waals surface area contributed by atoms with Crippen LogP contribution in [-0.4, -0.2) is 19.5 Å². The minimum atomic E-state index is -0.0269. The van der Waals surface area contributed by atoms with E-state index in [2.05, 4.69) is 52.9 Å². The monoisotopic (exact) mass is 411 g/mol. The zero-order chi connectivity index (χ0) is 17.9. The second kappa shape index (κ2) is 7.39. The molecule has 0 fully saturated rings. The molecule has 4 aromatic rings. The molecule has 7 heteroatoms. The van der Waals surface area contributed by atoms with E-state index in [1.54, 1.807) is 0 Å². The zero-order valence-corrected chi connectivity index (χ0v) is 15.8. The van der Waals surface area contributed by atoms with Crippen molar-refractivity contribution in [3.8, 4) is 0 Å². The molecule has 1 unspecified atom stereocenters. The van der Waals surface area contributed by atoms with E-state index in [-0.39, 0.29) is 6.04 Å². The Balaban J connectivity index is 1.42. The minimum Gasteiger partial charge on any atom is -0.339 e. The molecule has 4 rings (SSSR count). The molecular formula is C19H18BrN5O. The molecule has 0 spiro atoms. The van der Waals surface area contributed by atoms with Gasteiger partial charge in [-0.3, -0.25) is 0 Å². The number of pyridine rings is 1. The Morgan fingerprint density at radius 1 is 1.19 bits per heavy atom. The highest BCUT2D eigenvalue weighted by atomic mass is 79.9. The lowest BCUT2D eigenvalue weighted by atomic mass is 10.1. The van der Waals surface area contributed by atoms with E-state index in [9.17, 15) is 0 Å². The van der Waals surface area contributed by atoms with Gasteiger partial charge in [-0.2, -0.15) is 4.98 Å². The Morgan fingerprint density at radius 3 is 2.88 bits per heavy atom. The van der Waals surface area contributed by atoms with Gasteiger partial charge in [-0.25, -0.2) is 4.98 Å². The van der Waals surface area contributed by atoms with Gasteiger partial charge < -0.3 is 14.2 Å². The van der Waals surface area contributed by atoms with Gasteiger partial charge in [0.1, 0.15) is 5.65 Å². The molecule has 1 N–H and O–H groups in total.